The van der Waals surface area contributed by atoms with Crippen LogP contribution in [0, 0.1) is 0 Å². The van der Waals surface area contributed by atoms with Crippen molar-refractivity contribution in [3.8, 4) is 0 Å². The van der Waals surface area contributed by atoms with Gasteiger partial charge in [0.15, 0.2) is 0 Å². The van der Waals surface area contributed by atoms with E-state index in [4.69, 9.17) is 0 Å². The summed E-state index contributed by atoms with van der Waals surface area (Å²) < 4.78 is 70.1. The van der Waals surface area contributed by atoms with E-state index in [1.807, 2.05) is 72.8 Å². The van der Waals surface area contributed by atoms with Crippen LogP contribution in [0.2, 0.25) is 0 Å². The first-order chi connectivity index (χ1) is 26.8. The first-order valence-corrected chi connectivity index (χ1v) is 19.8. The second-order valence-electron chi connectivity index (χ2n) is 13.0. The molecule has 4 N–H and O–H groups in total. The van der Waals surface area contributed by atoms with Crippen LogP contribution in [0.15, 0.2) is 94.7 Å². The Balaban J connectivity index is 0.000000157. The Bertz CT molecular complexity index is 3120. The fraction of sp³-hybridized carbons (Fsp3) is 0. The Hall–Kier alpha value is -6.46. The molecule has 16 bridgehead atoms. The van der Waals surface area contributed by atoms with Crippen LogP contribution in [-0.2, 0) is 37.3 Å². The quantitative estimate of drug-likeness (QED) is 0.102. The van der Waals surface area contributed by atoms with E-state index in [9.17, 15) is 25.9 Å². The molecule has 0 atom stereocenters. The first kappa shape index (κ1) is 37.5. The third kappa shape index (κ3) is 8.39. The van der Waals surface area contributed by atoms with Gasteiger partial charge in [-0.2, -0.15) is 0 Å². The molecule has 4 aliphatic rings. The van der Waals surface area contributed by atoms with Gasteiger partial charge in [-0.05, 0) is 134 Å². The second kappa shape index (κ2) is 14.6. The van der Waals surface area contributed by atoms with E-state index >= 15 is 0 Å². The molecule has 10 rings (SSSR count). The molecule has 0 fully saturated rings. The Kier molecular flexibility index (Phi) is 9.57. The van der Waals surface area contributed by atoms with Crippen molar-refractivity contribution >= 4 is 113 Å². The zero-order chi connectivity index (χ0) is 38.6. The van der Waals surface area contributed by atoms with Crippen molar-refractivity contribution in [2.75, 3.05) is 0 Å². The summed E-state index contributed by atoms with van der Waals surface area (Å²) in [6.07, 6.45) is 14.8. The van der Waals surface area contributed by atoms with Crippen molar-refractivity contribution in [2.45, 2.75) is 9.79 Å². The molecule has 0 unspecified atom stereocenters. The third-order valence-electron chi connectivity index (χ3n) is 8.80. The van der Waals surface area contributed by atoms with E-state index in [1.165, 1.54) is 12.1 Å². The number of hydrogen-bond acceptors (Lipinski definition) is 10. The normalized spacial score (nSPS) is 12.9. The SMILES string of the molecule is O=S(=O)([O-])c1cc2cc3ccc(cc4nc(cc5nc(cc1[nH]2)C=C5)C=C4)[nH]3.O=S(=O)([O-])c1cc2cc3ccc(cc4nc(cc5nc(cc1[nH]2)C=C5)C=C4)[nH]3.[Fe+2]. The fourth-order valence-corrected chi connectivity index (χ4v) is 7.70. The maximum absolute atomic E-state index is 11.7. The van der Waals surface area contributed by atoms with Crippen LogP contribution in [-0.4, -0.2) is 65.8 Å². The second-order valence-corrected chi connectivity index (χ2v) is 15.7. The maximum Gasteiger partial charge on any atom is 2.00 e. The minimum atomic E-state index is -4.64. The summed E-state index contributed by atoms with van der Waals surface area (Å²) in [7, 11) is -9.28. The van der Waals surface area contributed by atoms with Crippen LogP contribution in [0.1, 0.15) is 45.6 Å². The number of nitrogens with one attached hydrogen (secondary N) is 4. The van der Waals surface area contributed by atoms with Crippen LogP contribution in [0.3, 0.4) is 0 Å². The van der Waals surface area contributed by atoms with Gasteiger partial charge >= 0.3 is 17.1 Å². The van der Waals surface area contributed by atoms with Gasteiger partial charge in [0.05, 0.1) is 66.4 Å². The number of aromatic nitrogens is 8. The minimum Gasteiger partial charge on any atom is -0.744 e. The molecule has 0 saturated heterocycles. The molecule has 57 heavy (non-hydrogen) atoms. The van der Waals surface area contributed by atoms with Crippen LogP contribution in [0.25, 0.3) is 92.7 Å². The van der Waals surface area contributed by atoms with Gasteiger partial charge in [0.1, 0.15) is 20.2 Å². The van der Waals surface area contributed by atoms with Gasteiger partial charge in [-0.3, -0.25) is 0 Å². The molecule has 6 aromatic heterocycles. The standard InChI is InChI=1S/2C20H14N4O3S.Fe/c2*25-28(26,27)20-11-18-9-16-4-3-14(22-16)7-12-1-2-13(21-12)8-15-5-6-17(23-15)10-19(20)24-18;/h2*1-11,22,24H,(H,25,26,27);/q;;+2/p-2. The maximum atomic E-state index is 11.7. The smallest absolute Gasteiger partial charge is 0.744 e. The fourth-order valence-electron chi connectivity index (χ4n) is 6.40. The third-order valence-corrected chi connectivity index (χ3v) is 10.6. The van der Waals surface area contributed by atoms with Crippen LogP contribution >= 0.6 is 0 Å². The van der Waals surface area contributed by atoms with E-state index in [0.717, 1.165) is 44.8 Å². The van der Waals surface area contributed by atoms with Crippen LogP contribution in [0.4, 0.5) is 0 Å². The monoisotopic (exact) mass is 834 g/mol. The summed E-state index contributed by atoms with van der Waals surface area (Å²) in [5, 5.41) is 0. The van der Waals surface area contributed by atoms with E-state index in [0.29, 0.717) is 33.8 Å². The first-order valence-electron chi connectivity index (χ1n) is 16.9. The summed E-state index contributed by atoms with van der Waals surface area (Å²) in [4.78, 5) is 29.8. The van der Waals surface area contributed by atoms with Crippen LogP contribution in [0.5, 0.6) is 0 Å². The van der Waals surface area contributed by atoms with Gasteiger partial charge in [0, 0.05) is 33.1 Å². The predicted molar refractivity (Wildman–Crippen MR) is 214 cm³/mol. The molecule has 6 aromatic rings. The number of nitrogens with zero attached hydrogens (tertiary/aromatic N) is 4. The van der Waals surface area contributed by atoms with Crippen molar-refractivity contribution in [2.24, 2.45) is 0 Å². The largest absolute Gasteiger partial charge is 2.00 e. The molecule has 0 aromatic carbocycles. The molecule has 0 amide bonds. The number of H-pyrrole nitrogens is 4. The number of hydrogen-bond donors (Lipinski definition) is 4. The molecule has 0 radical (unpaired) electrons. The molecular weight excluding hydrogens is 808 g/mol. The van der Waals surface area contributed by atoms with Gasteiger partial charge in [-0.15, -0.1) is 0 Å². The van der Waals surface area contributed by atoms with Gasteiger partial charge in [-0.1, -0.05) is 0 Å². The van der Waals surface area contributed by atoms with Gasteiger partial charge in [0.25, 0.3) is 0 Å². The van der Waals surface area contributed by atoms with Crippen molar-refractivity contribution in [1.29, 1.82) is 0 Å². The summed E-state index contributed by atoms with van der Waals surface area (Å²) in [6, 6.07) is 24.2. The predicted octanol–water partition coefficient (Wildman–Crippen LogP) is 7.12. The molecular formula is C40H26FeN8O6S2. The van der Waals surface area contributed by atoms with Gasteiger partial charge in [0.2, 0.25) is 0 Å². The summed E-state index contributed by atoms with van der Waals surface area (Å²) >= 11 is 0. The number of fused-ring (bicyclic) bond motifs is 16. The molecule has 0 saturated carbocycles. The van der Waals surface area contributed by atoms with Gasteiger partial charge in [-0.25, -0.2) is 36.8 Å². The molecule has 17 heteroatoms. The molecule has 14 nitrogen and oxygen atoms in total. The van der Waals surface area contributed by atoms with E-state index < -0.39 is 20.2 Å². The zero-order valence-electron chi connectivity index (χ0n) is 29.1. The Morgan fingerprint density at radius 1 is 0.351 bits per heavy atom. The number of aromatic amines is 4. The van der Waals surface area contributed by atoms with Crippen molar-refractivity contribution < 1.29 is 43.0 Å². The Labute approximate surface area is 334 Å². The van der Waals surface area contributed by atoms with Crippen LogP contribution < -0.4 is 0 Å². The van der Waals surface area contributed by atoms with E-state index in [1.54, 1.807) is 48.6 Å². The molecule has 4 aliphatic heterocycles. The molecule has 0 aliphatic carbocycles. The zero-order valence-corrected chi connectivity index (χ0v) is 31.8. The molecule has 10 heterocycles. The Morgan fingerprint density at radius 3 is 0.947 bits per heavy atom. The molecule has 282 valence electrons. The van der Waals surface area contributed by atoms with Gasteiger partial charge < -0.3 is 29.0 Å². The Morgan fingerprint density at radius 2 is 0.632 bits per heavy atom. The molecule has 0 spiro atoms. The van der Waals surface area contributed by atoms with E-state index in [-0.39, 0.29) is 37.9 Å². The number of rotatable bonds is 2. The topological polar surface area (TPSA) is 229 Å². The van der Waals surface area contributed by atoms with E-state index in [2.05, 4.69) is 39.9 Å². The van der Waals surface area contributed by atoms with Crippen molar-refractivity contribution in [1.82, 2.24) is 39.9 Å². The van der Waals surface area contributed by atoms with Crippen molar-refractivity contribution in [3.63, 3.8) is 0 Å². The van der Waals surface area contributed by atoms with Crippen molar-refractivity contribution in [3.05, 3.63) is 130 Å². The summed E-state index contributed by atoms with van der Waals surface area (Å²) in [5.41, 5.74) is 10.2. The minimum absolute atomic E-state index is 0. The average molecular weight is 835 g/mol. The summed E-state index contributed by atoms with van der Waals surface area (Å²) in [6.45, 7) is 0. The summed E-state index contributed by atoms with van der Waals surface area (Å²) in [5.74, 6) is 0. The average Bonchev–Trinajstić information content (AvgIpc) is 3.97.